The van der Waals surface area contributed by atoms with Crippen molar-refractivity contribution >= 4 is 48.1 Å². The average molecular weight is 562 g/mol. The zero-order valence-corrected chi connectivity index (χ0v) is 22.3. The minimum absolute atomic E-state index is 0.00787. The fourth-order valence-corrected chi connectivity index (χ4v) is 4.23. The minimum atomic E-state index is -1.44. The van der Waals surface area contributed by atoms with Crippen molar-refractivity contribution in [3.8, 4) is 0 Å². The molecule has 1 fully saturated rings. The van der Waals surface area contributed by atoms with Crippen LogP contribution in [0.25, 0.3) is 0 Å². The van der Waals surface area contributed by atoms with Gasteiger partial charge < -0.3 is 23.7 Å². The van der Waals surface area contributed by atoms with E-state index in [0.717, 1.165) is 26.8 Å². The molecule has 1 aromatic heterocycles. The number of rotatable bonds is 8. The van der Waals surface area contributed by atoms with Crippen LogP contribution >= 0.6 is 12.2 Å². The van der Waals surface area contributed by atoms with Gasteiger partial charge in [-0.2, -0.15) is 0 Å². The number of aliphatic imine (C=N–C) groups is 1. The highest BCUT2D eigenvalue weighted by atomic mass is 32.1. The molecule has 0 radical (unpaired) electrons. The molecule has 1 aliphatic heterocycles. The third kappa shape index (κ3) is 7.91. The van der Waals surface area contributed by atoms with Crippen molar-refractivity contribution in [3.05, 3.63) is 57.1 Å². The zero-order chi connectivity index (χ0) is 28.7. The molecule has 1 aliphatic rings. The third-order valence-corrected chi connectivity index (χ3v) is 5.62. The first kappa shape index (κ1) is 29.4. The summed E-state index contributed by atoms with van der Waals surface area (Å²) in [7, 11) is 0. The Morgan fingerprint density at radius 3 is 2.13 bits per heavy atom. The topological polar surface area (TPSA) is 165 Å². The summed E-state index contributed by atoms with van der Waals surface area (Å²) in [5, 5.41) is 0. The molecule has 2 heterocycles. The number of carbonyl (C=O) groups excluding carboxylic acids is 4. The Bertz CT molecular complexity index is 1370. The summed E-state index contributed by atoms with van der Waals surface area (Å²) < 4.78 is 28.7. The quantitative estimate of drug-likeness (QED) is 0.217. The highest BCUT2D eigenvalue weighted by Crippen LogP contribution is 2.36. The Kier molecular flexibility index (Phi) is 9.84. The molecular formula is C25H27N3O10S. The van der Waals surface area contributed by atoms with Gasteiger partial charge in [0.2, 0.25) is 0 Å². The van der Waals surface area contributed by atoms with Crippen molar-refractivity contribution in [2.24, 2.45) is 4.99 Å². The number of aromatic nitrogens is 2. The van der Waals surface area contributed by atoms with Gasteiger partial charge in [0.1, 0.15) is 18.5 Å². The van der Waals surface area contributed by atoms with Crippen molar-refractivity contribution in [2.75, 3.05) is 6.61 Å². The van der Waals surface area contributed by atoms with E-state index >= 15 is 0 Å². The van der Waals surface area contributed by atoms with E-state index in [9.17, 15) is 24.0 Å². The second-order valence-corrected chi connectivity index (χ2v) is 8.81. The van der Waals surface area contributed by atoms with Gasteiger partial charge in [0.05, 0.1) is 0 Å². The summed E-state index contributed by atoms with van der Waals surface area (Å²) in [4.78, 5) is 67.0. The standard InChI is InChI=1S/C25H27N3O10S/c1-13(29)34-12-18-21(35-14(2)30)22(36-15(3)31)23(37-16(4)32)24(38-18)28-19(10-20(33)27-25(28)39)26-11-17-8-6-5-7-9-17/h5-11,18,21-24H,12H2,1-4H3,(H,27,33,39)/b26-11+/t18-,21-,22+,23-,24-/m1/s1. The van der Waals surface area contributed by atoms with Crippen molar-refractivity contribution in [1.82, 2.24) is 9.55 Å². The van der Waals surface area contributed by atoms with Crippen LogP contribution in [0, 0.1) is 4.77 Å². The lowest BCUT2D eigenvalue weighted by Gasteiger charge is -2.45. The van der Waals surface area contributed by atoms with E-state index in [1.54, 1.807) is 24.3 Å². The first-order valence-electron chi connectivity index (χ1n) is 11.7. The summed E-state index contributed by atoms with van der Waals surface area (Å²) in [5.41, 5.74) is 0.138. The predicted octanol–water partition coefficient (Wildman–Crippen LogP) is 1.91. The average Bonchev–Trinajstić information content (AvgIpc) is 2.84. The monoisotopic (exact) mass is 561 g/mol. The van der Waals surface area contributed by atoms with Gasteiger partial charge in [0.25, 0.3) is 5.56 Å². The largest absolute Gasteiger partial charge is 0.463 e. The molecule has 2 aromatic rings. The fraction of sp³-hybridized carbons (Fsp3) is 0.400. The van der Waals surface area contributed by atoms with Gasteiger partial charge in [-0.1, -0.05) is 30.3 Å². The van der Waals surface area contributed by atoms with Gasteiger partial charge in [0, 0.05) is 40.0 Å². The number of hydrogen-bond donors (Lipinski definition) is 1. The van der Waals surface area contributed by atoms with Gasteiger partial charge >= 0.3 is 23.9 Å². The number of ether oxygens (including phenoxy) is 5. The van der Waals surface area contributed by atoms with Gasteiger partial charge in [-0.05, 0) is 17.8 Å². The van der Waals surface area contributed by atoms with Crippen LogP contribution in [-0.4, -0.2) is 70.7 Å². The highest BCUT2D eigenvalue weighted by molar-refractivity contribution is 7.71. The van der Waals surface area contributed by atoms with E-state index in [4.69, 9.17) is 35.9 Å². The molecule has 5 atom stereocenters. The number of nitrogens with one attached hydrogen (secondary N) is 1. The molecule has 0 saturated carbocycles. The molecule has 1 saturated heterocycles. The van der Waals surface area contributed by atoms with E-state index < -0.39 is 66.7 Å². The zero-order valence-electron chi connectivity index (χ0n) is 21.5. The van der Waals surface area contributed by atoms with Gasteiger partial charge in [-0.15, -0.1) is 0 Å². The van der Waals surface area contributed by atoms with Gasteiger partial charge in [-0.3, -0.25) is 33.5 Å². The SMILES string of the molecule is CC(=O)OC[C@H]1O[C@@H](n2c(/N=C/c3ccccc3)cc(=O)[nH]c2=S)[C@H](OC(C)=O)[C@@H](OC(C)=O)[C@@H]1OC(C)=O. The predicted molar refractivity (Wildman–Crippen MR) is 137 cm³/mol. The molecule has 14 heteroatoms. The molecule has 1 N–H and O–H groups in total. The molecule has 0 bridgehead atoms. The van der Waals surface area contributed by atoms with Crippen LogP contribution in [-0.2, 0) is 42.9 Å². The third-order valence-electron chi connectivity index (χ3n) is 5.32. The lowest BCUT2D eigenvalue weighted by molar-refractivity contribution is -0.268. The second kappa shape index (κ2) is 13.1. The first-order chi connectivity index (χ1) is 18.5. The van der Waals surface area contributed by atoms with Crippen molar-refractivity contribution < 1.29 is 42.9 Å². The van der Waals surface area contributed by atoms with Gasteiger partial charge in [0.15, 0.2) is 29.3 Å². The molecule has 0 amide bonds. The van der Waals surface area contributed by atoms with Gasteiger partial charge in [-0.25, -0.2) is 4.99 Å². The first-order valence-corrected chi connectivity index (χ1v) is 12.1. The maximum absolute atomic E-state index is 12.3. The fourth-order valence-electron chi connectivity index (χ4n) is 3.93. The number of esters is 4. The molecule has 208 valence electrons. The molecule has 0 aliphatic carbocycles. The van der Waals surface area contributed by atoms with Crippen LogP contribution in [0.5, 0.6) is 0 Å². The molecule has 0 unspecified atom stereocenters. The Labute approximate surface area is 227 Å². The Hall–Kier alpha value is -4.17. The number of aromatic amines is 1. The lowest BCUT2D eigenvalue weighted by atomic mass is 9.97. The van der Waals surface area contributed by atoms with Crippen LogP contribution < -0.4 is 5.56 Å². The maximum Gasteiger partial charge on any atom is 0.303 e. The normalized spacial score (nSPS) is 22.6. The molecule has 13 nitrogen and oxygen atoms in total. The van der Waals surface area contributed by atoms with Crippen LogP contribution in [0.1, 0.15) is 39.5 Å². The van der Waals surface area contributed by atoms with Crippen molar-refractivity contribution in [1.29, 1.82) is 0 Å². The van der Waals surface area contributed by atoms with Crippen molar-refractivity contribution in [2.45, 2.75) is 58.3 Å². The summed E-state index contributed by atoms with van der Waals surface area (Å²) in [6.07, 6.45) is -5.32. The lowest BCUT2D eigenvalue weighted by Crippen LogP contribution is -2.60. The van der Waals surface area contributed by atoms with E-state index in [0.29, 0.717) is 5.56 Å². The van der Waals surface area contributed by atoms with E-state index in [1.165, 1.54) is 17.7 Å². The molecule has 1 aromatic carbocycles. The summed E-state index contributed by atoms with van der Waals surface area (Å²) in [5.74, 6) is -2.97. The summed E-state index contributed by atoms with van der Waals surface area (Å²) in [6.45, 7) is 4.10. The van der Waals surface area contributed by atoms with Crippen molar-refractivity contribution in [3.63, 3.8) is 0 Å². The Balaban J connectivity index is 2.21. The number of nitrogens with zero attached hydrogens (tertiary/aromatic N) is 2. The molecule has 3 rings (SSSR count). The highest BCUT2D eigenvalue weighted by Gasteiger charge is 2.53. The van der Waals surface area contributed by atoms with E-state index in [1.807, 2.05) is 6.07 Å². The second-order valence-electron chi connectivity index (χ2n) is 8.43. The minimum Gasteiger partial charge on any atom is -0.463 e. The van der Waals surface area contributed by atoms with E-state index in [2.05, 4.69) is 9.98 Å². The number of carbonyl (C=O) groups is 4. The van der Waals surface area contributed by atoms with Crippen LogP contribution in [0.2, 0.25) is 0 Å². The Morgan fingerprint density at radius 2 is 1.54 bits per heavy atom. The Morgan fingerprint density at radius 1 is 0.949 bits per heavy atom. The van der Waals surface area contributed by atoms with E-state index in [-0.39, 0.29) is 10.6 Å². The van der Waals surface area contributed by atoms with Crippen LogP contribution in [0.15, 0.2) is 46.2 Å². The maximum atomic E-state index is 12.3. The number of hydrogen-bond acceptors (Lipinski definition) is 12. The van der Waals surface area contributed by atoms with Crippen LogP contribution in [0.4, 0.5) is 5.82 Å². The summed E-state index contributed by atoms with van der Waals surface area (Å²) >= 11 is 5.41. The number of H-pyrrole nitrogens is 1. The molecule has 0 spiro atoms. The number of benzene rings is 1. The molecular weight excluding hydrogens is 534 g/mol. The summed E-state index contributed by atoms with van der Waals surface area (Å²) in [6, 6.07) is 10.1. The smallest absolute Gasteiger partial charge is 0.303 e. The molecule has 39 heavy (non-hydrogen) atoms. The van der Waals surface area contributed by atoms with Crippen LogP contribution in [0.3, 0.4) is 0 Å².